The van der Waals surface area contributed by atoms with Crippen LogP contribution in [0.5, 0.6) is 0 Å². The molecule has 0 aliphatic heterocycles. The lowest BCUT2D eigenvalue weighted by molar-refractivity contribution is -0.140. The van der Waals surface area contributed by atoms with E-state index in [1.165, 1.54) is 13.2 Å². The molecule has 0 heterocycles. The van der Waals surface area contributed by atoms with E-state index < -0.39 is 22.9 Å². The molecule has 0 spiro atoms. The van der Waals surface area contributed by atoms with Gasteiger partial charge in [0.15, 0.2) is 0 Å². The van der Waals surface area contributed by atoms with E-state index in [9.17, 15) is 13.6 Å². The number of ether oxygens (including phenoxy) is 1. The highest BCUT2D eigenvalue weighted by Crippen LogP contribution is 2.31. The number of nitrogens with two attached hydrogens (primary N) is 1. The molecule has 1 unspecified atom stereocenters. The van der Waals surface area contributed by atoms with Gasteiger partial charge in [0.2, 0.25) is 0 Å². The molecule has 0 bridgehead atoms. The number of thioether (sulfide) groups is 1. The molecule has 1 aromatic carbocycles. The van der Waals surface area contributed by atoms with E-state index in [-0.39, 0.29) is 10.6 Å². The maximum atomic E-state index is 13.5. The van der Waals surface area contributed by atoms with Crippen LogP contribution in [0.3, 0.4) is 0 Å². The van der Waals surface area contributed by atoms with Crippen LogP contribution in [0.25, 0.3) is 0 Å². The first kappa shape index (κ1) is 14.8. The summed E-state index contributed by atoms with van der Waals surface area (Å²) < 4.78 is 31.2. The molecule has 1 aromatic rings. The Morgan fingerprint density at radius 2 is 2.11 bits per heavy atom. The molecule has 3 nitrogen and oxygen atoms in total. The summed E-state index contributed by atoms with van der Waals surface area (Å²) in [6.07, 6.45) is 1.30. The molecule has 2 N–H and O–H groups in total. The number of methoxy groups -OCH3 is 1. The zero-order chi connectivity index (χ0) is 13.7. The first-order valence-electron chi connectivity index (χ1n) is 5.48. The number of hydrogen-bond acceptors (Lipinski definition) is 4. The second-order valence-electron chi connectivity index (χ2n) is 3.72. The number of carbonyl (C=O) groups excluding carboxylic acids is 1. The molecule has 100 valence electrons. The minimum absolute atomic E-state index is 0.140. The highest BCUT2D eigenvalue weighted by molar-refractivity contribution is 8.00. The van der Waals surface area contributed by atoms with Crippen LogP contribution in [0, 0.1) is 11.6 Å². The van der Waals surface area contributed by atoms with E-state index in [4.69, 9.17) is 5.73 Å². The smallest absolute Gasteiger partial charge is 0.319 e. The molecule has 0 fully saturated rings. The van der Waals surface area contributed by atoms with E-state index in [1.54, 1.807) is 0 Å². The molecular formula is C12H15F2NO2S. The van der Waals surface area contributed by atoms with Crippen LogP contribution in [-0.4, -0.2) is 18.3 Å². The van der Waals surface area contributed by atoms with Gasteiger partial charge in [-0.3, -0.25) is 4.79 Å². The van der Waals surface area contributed by atoms with Gasteiger partial charge < -0.3 is 10.5 Å². The number of halogens is 2. The molecule has 1 rings (SSSR count). The molecule has 0 amide bonds. The first-order chi connectivity index (χ1) is 8.49. The van der Waals surface area contributed by atoms with Gasteiger partial charge in [-0.15, -0.1) is 11.8 Å². The third-order valence-corrected chi connectivity index (χ3v) is 3.61. The molecular weight excluding hydrogens is 260 g/mol. The summed E-state index contributed by atoms with van der Waals surface area (Å²) >= 11 is 0.999. The van der Waals surface area contributed by atoms with Crippen molar-refractivity contribution in [3.05, 3.63) is 23.8 Å². The zero-order valence-corrected chi connectivity index (χ0v) is 11.0. The summed E-state index contributed by atoms with van der Waals surface area (Å²) in [5.41, 5.74) is 5.24. The van der Waals surface area contributed by atoms with Gasteiger partial charge in [0.1, 0.15) is 16.9 Å². The second kappa shape index (κ2) is 6.58. The van der Waals surface area contributed by atoms with Gasteiger partial charge in [-0.05, 0) is 12.5 Å². The van der Waals surface area contributed by atoms with Crippen LogP contribution in [0.1, 0.15) is 19.8 Å². The van der Waals surface area contributed by atoms with Crippen molar-refractivity contribution in [1.29, 1.82) is 0 Å². The Morgan fingerprint density at radius 1 is 1.44 bits per heavy atom. The highest BCUT2D eigenvalue weighted by atomic mass is 32.2. The number of anilines is 1. The van der Waals surface area contributed by atoms with Gasteiger partial charge >= 0.3 is 5.97 Å². The van der Waals surface area contributed by atoms with Crippen molar-refractivity contribution in [3.63, 3.8) is 0 Å². The average Bonchev–Trinajstić information content (AvgIpc) is 2.34. The van der Waals surface area contributed by atoms with Gasteiger partial charge in [0, 0.05) is 11.0 Å². The summed E-state index contributed by atoms with van der Waals surface area (Å²) in [5, 5.41) is -0.514. The van der Waals surface area contributed by atoms with Crippen molar-refractivity contribution in [2.75, 3.05) is 12.8 Å². The molecule has 18 heavy (non-hydrogen) atoms. The minimum Gasteiger partial charge on any atom is -0.468 e. The third kappa shape index (κ3) is 3.60. The fraction of sp³-hybridized carbons (Fsp3) is 0.417. The van der Waals surface area contributed by atoms with Crippen LogP contribution in [0.15, 0.2) is 17.0 Å². The maximum Gasteiger partial charge on any atom is 0.319 e. The van der Waals surface area contributed by atoms with Crippen molar-refractivity contribution in [2.45, 2.75) is 29.9 Å². The third-order valence-electron chi connectivity index (χ3n) is 2.34. The summed E-state index contributed by atoms with van der Waals surface area (Å²) in [6, 6.07) is 1.92. The van der Waals surface area contributed by atoms with Crippen LogP contribution < -0.4 is 5.73 Å². The Labute approximate surface area is 109 Å². The summed E-state index contributed by atoms with van der Waals surface area (Å²) in [6.45, 7) is 1.91. The summed E-state index contributed by atoms with van der Waals surface area (Å²) in [7, 11) is 1.28. The number of rotatable bonds is 5. The van der Waals surface area contributed by atoms with Gasteiger partial charge in [0.25, 0.3) is 0 Å². The lowest BCUT2D eigenvalue weighted by atomic mass is 10.2. The Bertz CT molecular complexity index is 440. The normalized spacial score (nSPS) is 12.2. The molecule has 0 aliphatic carbocycles. The van der Waals surface area contributed by atoms with Crippen molar-refractivity contribution in [3.8, 4) is 0 Å². The number of hydrogen-bond donors (Lipinski definition) is 1. The topological polar surface area (TPSA) is 52.3 Å². The minimum atomic E-state index is -0.804. The standard InChI is InChI=1S/C12H15F2NO2S/c1-3-4-10(12(16)17-2)18-11-6-9(15)7(13)5-8(11)14/h5-6,10H,3-4,15H2,1-2H3. The van der Waals surface area contributed by atoms with Gasteiger partial charge in [-0.1, -0.05) is 13.3 Å². The van der Waals surface area contributed by atoms with Crippen LogP contribution in [0.2, 0.25) is 0 Å². The Hall–Kier alpha value is -1.30. The number of esters is 1. The number of benzene rings is 1. The first-order valence-corrected chi connectivity index (χ1v) is 6.36. The molecule has 0 saturated heterocycles. The van der Waals surface area contributed by atoms with Crippen LogP contribution >= 0.6 is 11.8 Å². The molecule has 0 aromatic heterocycles. The van der Waals surface area contributed by atoms with Gasteiger partial charge in [-0.25, -0.2) is 8.78 Å². The summed E-state index contributed by atoms with van der Waals surface area (Å²) in [4.78, 5) is 11.6. The van der Waals surface area contributed by atoms with Crippen molar-refractivity contribution in [2.24, 2.45) is 0 Å². The largest absolute Gasteiger partial charge is 0.468 e. The monoisotopic (exact) mass is 275 g/mol. The van der Waals surface area contributed by atoms with E-state index in [0.29, 0.717) is 6.42 Å². The number of nitrogen functional groups attached to an aromatic ring is 1. The van der Waals surface area contributed by atoms with Gasteiger partial charge in [-0.2, -0.15) is 0 Å². The predicted molar refractivity (Wildman–Crippen MR) is 67.3 cm³/mol. The average molecular weight is 275 g/mol. The number of carbonyl (C=O) groups is 1. The SMILES string of the molecule is CCCC(Sc1cc(N)c(F)cc1F)C(=O)OC. The van der Waals surface area contributed by atoms with E-state index in [1.807, 2.05) is 6.92 Å². The Kier molecular flexibility index (Phi) is 5.40. The van der Waals surface area contributed by atoms with Crippen molar-refractivity contribution in [1.82, 2.24) is 0 Å². The lowest BCUT2D eigenvalue weighted by Gasteiger charge is -2.14. The van der Waals surface area contributed by atoms with Crippen molar-refractivity contribution < 1.29 is 18.3 Å². The Balaban J connectivity index is 2.93. The molecule has 0 radical (unpaired) electrons. The lowest BCUT2D eigenvalue weighted by Crippen LogP contribution is -2.18. The second-order valence-corrected chi connectivity index (χ2v) is 4.97. The highest BCUT2D eigenvalue weighted by Gasteiger charge is 2.22. The van der Waals surface area contributed by atoms with Crippen LogP contribution in [0.4, 0.5) is 14.5 Å². The van der Waals surface area contributed by atoms with E-state index in [2.05, 4.69) is 4.74 Å². The fourth-order valence-corrected chi connectivity index (χ4v) is 2.63. The molecule has 1 atom stereocenters. The quantitative estimate of drug-likeness (QED) is 0.510. The molecule has 6 heteroatoms. The van der Waals surface area contributed by atoms with E-state index >= 15 is 0 Å². The van der Waals surface area contributed by atoms with Crippen molar-refractivity contribution >= 4 is 23.4 Å². The predicted octanol–water partition coefficient (Wildman–Crippen LogP) is 2.98. The molecule has 0 aliphatic rings. The fourth-order valence-electron chi connectivity index (χ4n) is 1.41. The van der Waals surface area contributed by atoms with Crippen LogP contribution in [-0.2, 0) is 9.53 Å². The zero-order valence-electron chi connectivity index (χ0n) is 10.2. The Morgan fingerprint density at radius 3 is 2.67 bits per heavy atom. The maximum absolute atomic E-state index is 13.5. The van der Waals surface area contributed by atoms with Gasteiger partial charge in [0.05, 0.1) is 12.8 Å². The molecule has 0 saturated carbocycles. The van der Waals surface area contributed by atoms with E-state index in [0.717, 1.165) is 24.2 Å². The summed E-state index contributed by atoms with van der Waals surface area (Å²) in [5.74, 6) is -1.96.